The molecule has 3 aromatic rings. The molecule has 0 bridgehead atoms. The van der Waals surface area contributed by atoms with Crippen LogP contribution in [0.3, 0.4) is 0 Å². The van der Waals surface area contributed by atoms with Crippen molar-refractivity contribution in [3.8, 4) is 34.3 Å². The first kappa shape index (κ1) is 19.6. The summed E-state index contributed by atoms with van der Waals surface area (Å²) < 4.78 is 28.8. The van der Waals surface area contributed by atoms with E-state index in [1.165, 1.54) is 18.9 Å². The maximum atomic E-state index is 11.8. The number of nitriles is 1. The van der Waals surface area contributed by atoms with E-state index in [0.717, 1.165) is 22.3 Å². The lowest BCUT2D eigenvalue weighted by Crippen LogP contribution is -1.99. The van der Waals surface area contributed by atoms with Crippen molar-refractivity contribution < 1.29 is 13.2 Å². The van der Waals surface area contributed by atoms with Crippen LogP contribution in [0.15, 0.2) is 53.4 Å². The van der Waals surface area contributed by atoms with Crippen LogP contribution in [-0.4, -0.2) is 26.8 Å². The van der Waals surface area contributed by atoms with E-state index in [9.17, 15) is 13.7 Å². The summed E-state index contributed by atoms with van der Waals surface area (Å²) in [6, 6.07) is 16.5. The van der Waals surface area contributed by atoms with E-state index in [2.05, 4.69) is 11.1 Å². The number of ether oxygens (including phenoxy) is 1. The monoisotopic (exact) mass is 392 g/mol. The molecule has 0 fully saturated rings. The zero-order chi connectivity index (χ0) is 20.5. The Morgan fingerprint density at radius 1 is 0.964 bits per heavy atom. The number of aryl methyl sites for hydroxylation is 2. The van der Waals surface area contributed by atoms with Crippen LogP contribution in [-0.2, 0) is 9.84 Å². The van der Waals surface area contributed by atoms with Crippen molar-refractivity contribution in [2.45, 2.75) is 18.7 Å². The predicted octanol–water partition coefficient (Wildman–Crippen LogP) is 4.32. The topological polar surface area (TPSA) is 80.0 Å². The minimum Gasteiger partial charge on any atom is -0.480 e. The van der Waals surface area contributed by atoms with Gasteiger partial charge in [0.2, 0.25) is 5.88 Å². The van der Waals surface area contributed by atoms with Crippen LogP contribution in [0.1, 0.15) is 16.7 Å². The first-order valence-electron chi connectivity index (χ1n) is 8.62. The third kappa shape index (κ3) is 3.75. The summed E-state index contributed by atoms with van der Waals surface area (Å²) in [7, 11) is -1.81. The van der Waals surface area contributed by atoms with Gasteiger partial charge in [-0.05, 0) is 54.8 Å². The fourth-order valence-electron chi connectivity index (χ4n) is 2.94. The number of rotatable bonds is 4. The highest BCUT2D eigenvalue weighted by Crippen LogP contribution is 2.35. The van der Waals surface area contributed by atoms with Gasteiger partial charge in [-0.2, -0.15) is 5.26 Å². The Morgan fingerprint density at radius 2 is 1.61 bits per heavy atom. The molecule has 28 heavy (non-hydrogen) atoms. The first-order chi connectivity index (χ1) is 13.2. The number of nitrogens with zero attached hydrogens (tertiary/aromatic N) is 2. The molecule has 0 unspecified atom stereocenters. The molecule has 5 nitrogen and oxygen atoms in total. The Bertz CT molecular complexity index is 1190. The summed E-state index contributed by atoms with van der Waals surface area (Å²) in [4.78, 5) is 4.83. The van der Waals surface area contributed by atoms with E-state index >= 15 is 0 Å². The summed E-state index contributed by atoms with van der Waals surface area (Å²) in [5.74, 6) is 0.257. The number of sulfone groups is 1. The summed E-state index contributed by atoms with van der Waals surface area (Å²) in [5, 5.41) is 9.46. The van der Waals surface area contributed by atoms with Crippen LogP contribution in [0.4, 0.5) is 0 Å². The normalized spacial score (nSPS) is 11.1. The van der Waals surface area contributed by atoms with Crippen LogP contribution >= 0.6 is 0 Å². The van der Waals surface area contributed by atoms with Crippen molar-refractivity contribution in [2.24, 2.45) is 0 Å². The molecule has 0 spiro atoms. The van der Waals surface area contributed by atoms with Gasteiger partial charge in [0.15, 0.2) is 9.84 Å². The Labute approximate surface area is 165 Å². The van der Waals surface area contributed by atoms with Crippen LogP contribution in [0.2, 0.25) is 0 Å². The smallest absolute Gasteiger partial charge is 0.232 e. The molecule has 142 valence electrons. The predicted molar refractivity (Wildman–Crippen MR) is 109 cm³/mol. The first-order valence-corrected chi connectivity index (χ1v) is 10.5. The Kier molecular flexibility index (Phi) is 5.21. The Balaban J connectivity index is 2.26. The number of hydrogen-bond acceptors (Lipinski definition) is 5. The maximum absolute atomic E-state index is 11.8. The maximum Gasteiger partial charge on any atom is 0.232 e. The number of pyridine rings is 1. The van der Waals surface area contributed by atoms with Crippen LogP contribution in [0, 0.1) is 25.2 Å². The van der Waals surface area contributed by atoms with Gasteiger partial charge in [0, 0.05) is 17.4 Å². The lowest BCUT2D eigenvalue weighted by molar-refractivity contribution is 0.397. The Hall–Kier alpha value is -3.17. The van der Waals surface area contributed by atoms with E-state index < -0.39 is 9.84 Å². The molecule has 1 heterocycles. The van der Waals surface area contributed by atoms with Crippen LogP contribution < -0.4 is 4.74 Å². The zero-order valence-electron chi connectivity index (χ0n) is 16.1. The summed E-state index contributed by atoms with van der Waals surface area (Å²) in [5.41, 5.74) is 5.69. The SMILES string of the molecule is COc1nc(-c2ccc(C)c(C)c2)c(-c2ccc(S(C)(=O)=O)cc2)cc1C#N. The molecule has 0 N–H and O–H groups in total. The summed E-state index contributed by atoms with van der Waals surface area (Å²) in [6.07, 6.45) is 1.17. The van der Waals surface area contributed by atoms with E-state index in [4.69, 9.17) is 4.74 Å². The average Bonchev–Trinajstić information content (AvgIpc) is 2.68. The second-order valence-corrected chi connectivity index (χ2v) is 8.66. The third-order valence-electron chi connectivity index (χ3n) is 4.68. The number of benzene rings is 2. The molecular formula is C22H20N2O3S. The molecule has 0 aliphatic rings. The van der Waals surface area contributed by atoms with Gasteiger partial charge < -0.3 is 4.74 Å². The van der Waals surface area contributed by atoms with Gasteiger partial charge in [-0.15, -0.1) is 0 Å². The zero-order valence-corrected chi connectivity index (χ0v) is 17.0. The third-order valence-corrected chi connectivity index (χ3v) is 5.80. The summed E-state index contributed by atoms with van der Waals surface area (Å²) >= 11 is 0. The van der Waals surface area contributed by atoms with Crippen molar-refractivity contribution in [3.63, 3.8) is 0 Å². The van der Waals surface area contributed by atoms with Gasteiger partial charge in [0.25, 0.3) is 0 Å². The second-order valence-electron chi connectivity index (χ2n) is 6.65. The molecule has 0 aliphatic heterocycles. The van der Waals surface area contributed by atoms with Crippen molar-refractivity contribution in [2.75, 3.05) is 13.4 Å². The molecule has 0 radical (unpaired) electrons. The molecule has 0 amide bonds. The van der Waals surface area contributed by atoms with Gasteiger partial charge in [0.1, 0.15) is 11.6 Å². The highest BCUT2D eigenvalue weighted by Gasteiger charge is 2.17. The van der Waals surface area contributed by atoms with Gasteiger partial charge in [-0.25, -0.2) is 13.4 Å². The largest absolute Gasteiger partial charge is 0.480 e. The minimum absolute atomic E-state index is 0.242. The minimum atomic E-state index is -3.29. The van der Waals surface area contributed by atoms with Crippen molar-refractivity contribution in [3.05, 3.63) is 65.2 Å². The molecule has 0 aliphatic carbocycles. The fraction of sp³-hybridized carbons (Fsp3) is 0.182. The van der Waals surface area contributed by atoms with E-state index in [-0.39, 0.29) is 10.8 Å². The Morgan fingerprint density at radius 3 is 2.14 bits per heavy atom. The average molecular weight is 392 g/mol. The van der Waals surface area contributed by atoms with E-state index in [0.29, 0.717) is 11.3 Å². The van der Waals surface area contributed by atoms with Crippen LogP contribution in [0.25, 0.3) is 22.4 Å². The molecular weight excluding hydrogens is 372 g/mol. The van der Waals surface area contributed by atoms with Crippen molar-refractivity contribution in [1.82, 2.24) is 4.98 Å². The van der Waals surface area contributed by atoms with Gasteiger partial charge in [-0.1, -0.05) is 24.3 Å². The molecule has 0 atom stereocenters. The highest BCUT2D eigenvalue weighted by atomic mass is 32.2. The van der Waals surface area contributed by atoms with Crippen LogP contribution in [0.5, 0.6) is 5.88 Å². The molecule has 0 saturated heterocycles. The fourth-order valence-corrected chi connectivity index (χ4v) is 3.57. The van der Waals surface area contributed by atoms with Crippen molar-refractivity contribution in [1.29, 1.82) is 5.26 Å². The van der Waals surface area contributed by atoms with Gasteiger partial charge in [-0.3, -0.25) is 0 Å². The van der Waals surface area contributed by atoms with Gasteiger partial charge in [0.05, 0.1) is 17.7 Å². The second kappa shape index (κ2) is 7.45. The lowest BCUT2D eigenvalue weighted by atomic mass is 9.96. The molecule has 0 saturated carbocycles. The van der Waals surface area contributed by atoms with E-state index in [1.54, 1.807) is 30.3 Å². The van der Waals surface area contributed by atoms with Crippen molar-refractivity contribution >= 4 is 9.84 Å². The van der Waals surface area contributed by atoms with Gasteiger partial charge >= 0.3 is 0 Å². The number of methoxy groups -OCH3 is 1. The quantitative estimate of drug-likeness (QED) is 0.661. The number of hydrogen-bond donors (Lipinski definition) is 0. The molecule has 2 aromatic carbocycles. The molecule has 6 heteroatoms. The lowest BCUT2D eigenvalue weighted by Gasteiger charge is -2.14. The van der Waals surface area contributed by atoms with E-state index in [1.807, 2.05) is 32.0 Å². The number of aromatic nitrogens is 1. The standard InChI is InChI=1S/C22H20N2O3S/c1-14-5-6-17(11-15(14)2)21-20(12-18(13-23)22(24-21)27-3)16-7-9-19(10-8-16)28(4,25)26/h5-12H,1-4H3. The highest BCUT2D eigenvalue weighted by molar-refractivity contribution is 7.90. The molecule has 3 rings (SSSR count). The summed E-state index contributed by atoms with van der Waals surface area (Å²) in [6.45, 7) is 4.07. The molecule has 1 aromatic heterocycles.